The molecule has 0 fully saturated rings. The van der Waals surface area contributed by atoms with E-state index in [0.29, 0.717) is 47.3 Å². The summed E-state index contributed by atoms with van der Waals surface area (Å²) in [5.41, 5.74) is 8.48. The van der Waals surface area contributed by atoms with Crippen LogP contribution in [0.5, 0.6) is 0 Å². The van der Waals surface area contributed by atoms with Gasteiger partial charge in [0.1, 0.15) is 5.65 Å². The topological polar surface area (TPSA) is 85.0 Å². The predicted molar refractivity (Wildman–Crippen MR) is 241 cm³/mol. The Hall–Kier alpha value is -3.74. The average Bonchev–Trinajstić information content (AvgIpc) is 3.93. The molecule has 0 amide bonds. The molecule has 8 aromatic rings. The van der Waals surface area contributed by atoms with Gasteiger partial charge in [-0.3, -0.25) is 17.0 Å². The molecule has 0 aliphatic heterocycles. The maximum atomic E-state index is 4.67. The first kappa shape index (κ1) is 43.4. The van der Waals surface area contributed by atoms with Gasteiger partial charge in [-0.25, -0.2) is 19.9 Å². The Morgan fingerprint density at radius 2 is 1.14 bits per heavy atom. The molecule has 8 heterocycles. The molecule has 0 spiro atoms. The molecule has 0 atom stereocenters. The Balaban J connectivity index is 0.000000143. The number of H-pyrrole nitrogens is 1. The van der Waals surface area contributed by atoms with Crippen LogP contribution in [0.4, 0.5) is 0 Å². The Kier molecular flexibility index (Phi) is 14.1. The van der Waals surface area contributed by atoms with E-state index in [1.807, 2.05) is 0 Å². The van der Waals surface area contributed by atoms with Crippen molar-refractivity contribution in [2.75, 3.05) is 0 Å². The summed E-state index contributed by atoms with van der Waals surface area (Å²) in [4.78, 5) is 26.8. The van der Waals surface area contributed by atoms with E-state index >= 15 is 0 Å². The fourth-order valence-corrected chi connectivity index (χ4v) is 8.71. The summed E-state index contributed by atoms with van der Waals surface area (Å²) in [5, 5.41) is 2.10. The van der Waals surface area contributed by atoms with Crippen molar-refractivity contribution in [3.05, 3.63) is 92.5 Å². The molecule has 0 aliphatic rings. The van der Waals surface area contributed by atoms with Gasteiger partial charge >= 0.3 is 0 Å². The lowest BCUT2D eigenvalue weighted by atomic mass is 10.0. The van der Waals surface area contributed by atoms with Crippen molar-refractivity contribution in [1.82, 2.24) is 41.9 Å². The molecule has 0 saturated carbocycles. The number of aromatic nitrogens is 9. The van der Waals surface area contributed by atoms with Crippen molar-refractivity contribution in [3.63, 3.8) is 0 Å². The van der Waals surface area contributed by atoms with E-state index in [1.165, 1.54) is 38.2 Å². The third-order valence-electron chi connectivity index (χ3n) is 9.63. The number of hydrogen-bond donors (Lipinski definition) is 1. The minimum absolute atomic E-state index is 0.491. The van der Waals surface area contributed by atoms with Gasteiger partial charge in [0.15, 0.2) is 9.92 Å². The zero-order chi connectivity index (χ0) is 41.2. The lowest BCUT2D eigenvalue weighted by Crippen LogP contribution is -1.99. The van der Waals surface area contributed by atoms with Crippen molar-refractivity contribution in [2.24, 2.45) is 0 Å². The predicted octanol–water partition coefficient (Wildman–Crippen LogP) is 13.8. The van der Waals surface area contributed by atoms with Crippen molar-refractivity contribution < 1.29 is 0 Å². The van der Waals surface area contributed by atoms with Gasteiger partial charge in [0.25, 0.3) is 0 Å². The first-order chi connectivity index (χ1) is 26.3. The van der Waals surface area contributed by atoms with E-state index in [2.05, 4.69) is 201 Å². The second kappa shape index (κ2) is 18.2. The van der Waals surface area contributed by atoms with Crippen LogP contribution >= 0.6 is 34.2 Å². The first-order valence-electron chi connectivity index (χ1n) is 20.3. The van der Waals surface area contributed by atoms with Gasteiger partial charge in [-0.1, -0.05) is 122 Å². The van der Waals surface area contributed by atoms with Gasteiger partial charge in [0, 0.05) is 63.7 Å². The molecule has 12 heteroatoms. The van der Waals surface area contributed by atoms with Crippen LogP contribution in [-0.2, 0) is 0 Å². The van der Waals surface area contributed by atoms with Gasteiger partial charge < -0.3 is 4.98 Å². The Labute approximate surface area is 346 Å². The van der Waals surface area contributed by atoms with E-state index < -0.39 is 0 Å². The van der Waals surface area contributed by atoms with Gasteiger partial charge in [0.05, 0.1) is 22.8 Å². The summed E-state index contributed by atoms with van der Waals surface area (Å²) in [6, 6.07) is 2.20. The lowest BCUT2D eigenvalue weighted by molar-refractivity contribution is 0.746. The monoisotopic (exact) mass is 815 g/mol. The summed E-state index contributed by atoms with van der Waals surface area (Å²) in [7, 11) is 0. The van der Waals surface area contributed by atoms with Crippen molar-refractivity contribution in [3.8, 4) is 0 Å². The van der Waals surface area contributed by atoms with Crippen LogP contribution in [0.2, 0.25) is 0 Å². The molecule has 8 aromatic heterocycles. The molecule has 9 nitrogen and oxygen atoms in total. The molecule has 0 bridgehead atoms. The Bertz CT molecular complexity index is 2020. The van der Waals surface area contributed by atoms with Crippen LogP contribution in [0, 0.1) is 0 Å². The quantitative estimate of drug-likeness (QED) is 0.166. The minimum Gasteiger partial charge on any atom is -0.327 e. The number of thiazole rings is 2. The summed E-state index contributed by atoms with van der Waals surface area (Å²) in [5.74, 6) is 5.27. The summed E-state index contributed by atoms with van der Waals surface area (Å²) in [6.07, 6.45) is 12.8. The molecule has 0 radical (unpaired) electrons. The summed E-state index contributed by atoms with van der Waals surface area (Å²) in [6.45, 7) is 35.1. The van der Waals surface area contributed by atoms with Gasteiger partial charge in [-0.2, -0.15) is 0 Å². The number of fused-ring (bicyclic) bond motifs is 4. The molecule has 8 rings (SSSR count). The average molecular weight is 816 g/mol. The number of nitrogens with one attached hydrogen (secondary N) is 1. The zero-order valence-electron chi connectivity index (χ0n) is 36.5. The molecular formula is C44H65N9S3. The van der Waals surface area contributed by atoms with E-state index in [1.54, 1.807) is 34.2 Å². The fourth-order valence-electron chi connectivity index (χ4n) is 6.06. The third kappa shape index (κ3) is 10.0. The largest absolute Gasteiger partial charge is 0.327 e. The van der Waals surface area contributed by atoms with E-state index in [9.17, 15) is 0 Å². The van der Waals surface area contributed by atoms with Gasteiger partial charge in [-0.15, -0.1) is 22.7 Å². The highest BCUT2D eigenvalue weighted by molar-refractivity contribution is 7.17. The van der Waals surface area contributed by atoms with Crippen LogP contribution in [-0.4, -0.2) is 41.9 Å². The minimum atomic E-state index is 0.491. The Morgan fingerprint density at radius 1 is 0.536 bits per heavy atom. The third-order valence-corrected chi connectivity index (χ3v) is 13.0. The maximum absolute atomic E-state index is 4.67. The van der Waals surface area contributed by atoms with Crippen molar-refractivity contribution in [2.45, 2.75) is 158 Å². The second-order valence-electron chi connectivity index (χ2n) is 17.3. The maximum Gasteiger partial charge on any atom is 0.211 e. The molecule has 0 aliphatic carbocycles. The normalized spacial score (nSPS) is 12.1. The fraction of sp³-hybridized carbons (Fsp3) is 0.545. The Morgan fingerprint density at radius 3 is 1.66 bits per heavy atom. The molecule has 1 N–H and O–H groups in total. The zero-order valence-corrected chi connectivity index (χ0v) is 39.0. The molecule has 56 heavy (non-hydrogen) atoms. The van der Waals surface area contributed by atoms with Crippen LogP contribution in [0.15, 0.2) is 48.6 Å². The highest BCUT2D eigenvalue weighted by atomic mass is 32.1. The van der Waals surface area contributed by atoms with Gasteiger partial charge in [0.2, 0.25) is 5.78 Å². The highest BCUT2D eigenvalue weighted by Crippen LogP contribution is 2.30. The number of nitrogens with zero attached hydrogens (tertiary/aromatic N) is 8. The number of hydrogen-bond acceptors (Lipinski definition) is 7. The number of imidazole rings is 5. The van der Waals surface area contributed by atoms with Gasteiger partial charge in [-0.05, 0) is 53.4 Å². The number of rotatable bonds is 8. The lowest BCUT2D eigenvalue weighted by Gasteiger charge is -2.09. The van der Waals surface area contributed by atoms with E-state index in [4.69, 9.17) is 0 Å². The molecular weight excluding hydrogens is 751 g/mol. The first-order valence-corrected chi connectivity index (χ1v) is 22.8. The van der Waals surface area contributed by atoms with E-state index in [0.717, 1.165) is 27.0 Å². The van der Waals surface area contributed by atoms with Crippen molar-refractivity contribution >= 4 is 55.6 Å². The molecule has 0 saturated heterocycles. The van der Waals surface area contributed by atoms with Crippen LogP contribution in [0.1, 0.15) is 202 Å². The molecule has 0 unspecified atom stereocenters. The van der Waals surface area contributed by atoms with Crippen LogP contribution in [0.25, 0.3) is 21.3 Å². The standard InChI is InChI=1S/C11H17N3.3C11H16N2S/c1-7(2)9-5-14-6-10(8(3)4)13-11(14)12-9;1-7(2)9-6-13-11(12-9)5-10(14-13)8(3)4;1-7(2)9-5-13-6-10(8(3)4)14-11(13)12-9;1-7(2)9-10(8(3)4)13-5-6-14-11(13)12-9/h5-8H,1-4H3,(H,12,13);3*5-8H,1-4H3. The summed E-state index contributed by atoms with van der Waals surface area (Å²) >= 11 is 5.30. The van der Waals surface area contributed by atoms with E-state index in [-0.39, 0.29) is 0 Å². The number of aromatic amines is 1. The SMILES string of the molecule is CC(C)c1cn2cc(C(C)C)[nH]c2n1.CC(C)c1cn2cc(C(C)C)sc2n1.CC(C)c1cn2sc(C(C)C)cc2n1.CC(C)c1nc2sccn2c1C(C)C. The summed E-state index contributed by atoms with van der Waals surface area (Å²) < 4.78 is 8.62. The molecule has 304 valence electrons. The second-order valence-corrected chi connectivity index (χ2v) is 20.2. The van der Waals surface area contributed by atoms with Crippen molar-refractivity contribution in [1.29, 1.82) is 0 Å². The van der Waals surface area contributed by atoms with Crippen LogP contribution < -0.4 is 0 Å². The van der Waals surface area contributed by atoms with Crippen LogP contribution in [0.3, 0.4) is 0 Å². The smallest absolute Gasteiger partial charge is 0.211 e. The highest BCUT2D eigenvalue weighted by Gasteiger charge is 2.18. The molecule has 0 aromatic carbocycles.